The Morgan fingerprint density at radius 1 is 1.35 bits per heavy atom. The lowest BCUT2D eigenvalue weighted by Crippen LogP contribution is -2.57. The van der Waals surface area contributed by atoms with Crippen LogP contribution in [0.3, 0.4) is 0 Å². The van der Waals surface area contributed by atoms with E-state index in [1.165, 1.54) is 0 Å². The molecular weight excluding hydrogens is 278 g/mol. The van der Waals surface area contributed by atoms with Gasteiger partial charge in [0.05, 0.1) is 12.0 Å². The smallest absolute Gasteiger partial charge is 0.234 e. The zero-order valence-electron chi connectivity index (χ0n) is 11.2. The molecule has 1 aromatic rings. The van der Waals surface area contributed by atoms with Gasteiger partial charge in [-0.2, -0.15) is 0 Å². The number of methoxy groups -OCH3 is 1. The second-order valence-electron chi connectivity index (χ2n) is 5.71. The number of piperidine rings is 1. The van der Waals surface area contributed by atoms with Gasteiger partial charge in [0.2, 0.25) is 11.8 Å². The standard InChI is InChI=1S/C15H16ClNO3/c1-20-11-6-15(7-11)8-12(18)17-14(19)13(15)9-3-2-4-10(16)5-9/h2-5,11,13H,6-8H2,1H3,(H,17,18,19). The van der Waals surface area contributed by atoms with Crippen molar-refractivity contribution in [3.05, 3.63) is 34.9 Å². The fraction of sp³-hybridized carbons (Fsp3) is 0.467. The molecule has 1 N–H and O–H groups in total. The molecule has 1 aromatic carbocycles. The number of imide groups is 1. The highest BCUT2D eigenvalue weighted by Gasteiger charge is 2.56. The molecule has 1 unspecified atom stereocenters. The summed E-state index contributed by atoms with van der Waals surface area (Å²) in [6, 6.07) is 7.32. The molecule has 5 heteroatoms. The van der Waals surface area contributed by atoms with Crippen LogP contribution in [0.15, 0.2) is 24.3 Å². The average molecular weight is 294 g/mol. The molecule has 1 saturated carbocycles. The first kappa shape index (κ1) is 13.6. The van der Waals surface area contributed by atoms with E-state index in [4.69, 9.17) is 16.3 Å². The summed E-state index contributed by atoms with van der Waals surface area (Å²) in [5.74, 6) is -0.744. The predicted octanol–water partition coefficient (Wildman–Crippen LogP) is 2.27. The van der Waals surface area contributed by atoms with E-state index in [1.807, 2.05) is 18.2 Å². The van der Waals surface area contributed by atoms with Crippen LogP contribution in [0.4, 0.5) is 0 Å². The van der Waals surface area contributed by atoms with Gasteiger partial charge in [0.1, 0.15) is 0 Å². The highest BCUT2D eigenvalue weighted by Crippen LogP contribution is 2.56. The average Bonchev–Trinajstić information content (AvgIpc) is 2.34. The van der Waals surface area contributed by atoms with E-state index < -0.39 is 0 Å². The molecular formula is C15H16ClNO3. The van der Waals surface area contributed by atoms with Crippen LogP contribution < -0.4 is 5.32 Å². The molecule has 3 rings (SSSR count). The number of hydrogen-bond donors (Lipinski definition) is 1. The molecule has 2 fully saturated rings. The molecule has 20 heavy (non-hydrogen) atoms. The van der Waals surface area contributed by atoms with Crippen LogP contribution in [0, 0.1) is 5.41 Å². The van der Waals surface area contributed by atoms with Crippen molar-refractivity contribution in [2.75, 3.05) is 7.11 Å². The van der Waals surface area contributed by atoms with Crippen molar-refractivity contribution >= 4 is 23.4 Å². The predicted molar refractivity (Wildman–Crippen MR) is 74.4 cm³/mol. The molecule has 1 atom stereocenters. The number of halogens is 1. The maximum absolute atomic E-state index is 12.3. The van der Waals surface area contributed by atoms with Crippen LogP contribution in [0.25, 0.3) is 0 Å². The highest BCUT2D eigenvalue weighted by atomic mass is 35.5. The third-order valence-corrected chi connectivity index (χ3v) is 4.67. The minimum atomic E-state index is -0.328. The second kappa shape index (κ2) is 4.86. The lowest BCUT2D eigenvalue weighted by atomic mass is 9.54. The first-order chi connectivity index (χ1) is 9.54. The van der Waals surface area contributed by atoms with Crippen molar-refractivity contribution in [1.29, 1.82) is 0 Å². The van der Waals surface area contributed by atoms with E-state index in [0.717, 1.165) is 18.4 Å². The summed E-state index contributed by atoms with van der Waals surface area (Å²) < 4.78 is 5.32. The summed E-state index contributed by atoms with van der Waals surface area (Å²) in [5.41, 5.74) is 0.558. The van der Waals surface area contributed by atoms with Crippen molar-refractivity contribution < 1.29 is 14.3 Å². The summed E-state index contributed by atoms with van der Waals surface area (Å²) in [7, 11) is 1.66. The largest absolute Gasteiger partial charge is 0.381 e. The minimum Gasteiger partial charge on any atom is -0.381 e. The van der Waals surface area contributed by atoms with Gasteiger partial charge in [-0.25, -0.2) is 0 Å². The third kappa shape index (κ3) is 2.13. The molecule has 2 amide bonds. The van der Waals surface area contributed by atoms with Gasteiger partial charge in [-0.1, -0.05) is 23.7 Å². The monoisotopic (exact) mass is 293 g/mol. The van der Waals surface area contributed by atoms with Crippen LogP contribution in [-0.4, -0.2) is 25.0 Å². The van der Waals surface area contributed by atoms with Crippen LogP contribution >= 0.6 is 11.6 Å². The van der Waals surface area contributed by atoms with Crippen LogP contribution in [0.2, 0.25) is 5.02 Å². The fourth-order valence-electron chi connectivity index (χ4n) is 3.54. The number of benzene rings is 1. The zero-order chi connectivity index (χ0) is 14.3. The zero-order valence-corrected chi connectivity index (χ0v) is 11.9. The van der Waals surface area contributed by atoms with Gasteiger partial charge in [0, 0.05) is 18.6 Å². The van der Waals surface area contributed by atoms with E-state index >= 15 is 0 Å². The Bertz CT molecular complexity index is 566. The van der Waals surface area contributed by atoms with Gasteiger partial charge >= 0.3 is 0 Å². The summed E-state index contributed by atoms with van der Waals surface area (Å²) in [6.07, 6.45) is 1.98. The van der Waals surface area contributed by atoms with Crippen molar-refractivity contribution in [3.8, 4) is 0 Å². The number of hydrogen-bond acceptors (Lipinski definition) is 3. The molecule has 1 aliphatic carbocycles. The van der Waals surface area contributed by atoms with Gasteiger partial charge in [-0.3, -0.25) is 14.9 Å². The van der Waals surface area contributed by atoms with Crippen molar-refractivity contribution in [2.45, 2.75) is 31.3 Å². The third-order valence-electron chi connectivity index (χ3n) is 4.43. The maximum Gasteiger partial charge on any atom is 0.234 e. The summed E-state index contributed by atoms with van der Waals surface area (Å²) in [5, 5.41) is 3.04. The van der Waals surface area contributed by atoms with Crippen molar-refractivity contribution in [2.24, 2.45) is 5.41 Å². The Hall–Kier alpha value is -1.39. The van der Waals surface area contributed by atoms with Gasteiger partial charge < -0.3 is 4.74 Å². The Labute approximate surface area is 122 Å². The summed E-state index contributed by atoms with van der Waals surface area (Å²) in [6.45, 7) is 0. The maximum atomic E-state index is 12.3. The van der Waals surface area contributed by atoms with Gasteiger partial charge in [-0.15, -0.1) is 0 Å². The molecule has 4 nitrogen and oxygen atoms in total. The normalized spacial score (nSPS) is 32.9. The number of nitrogens with one attached hydrogen (secondary N) is 1. The lowest BCUT2D eigenvalue weighted by Gasteiger charge is -2.52. The van der Waals surface area contributed by atoms with E-state index in [2.05, 4.69) is 5.32 Å². The van der Waals surface area contributed by atoms with Crippen LogP contribution in [0.5, 0.6) is 0 Å². The molecule has 0 radical (unpaired) electrons. The molecule has 0 aromatic heterocycles. The van der Waals surface area contributed by atoms with E-state index in [9.17, 15) is 9.59 Å². The van der Waals surface area contributed by atoms with Crippen LogP contribution in [0.1, 0.15) is 30.7 Å². The molecule has 0 bridgehead atoms. The molecule has 106 valence electrons. The van der Waals surface area contributed by atoms with Gasteiger partial charge in [0.25, 0.3) is 0 Å². The lowest BCUT2D eigenvalue weighted by molar-refractivity contribution is -0.151. The number of rotatable bonds is 2. The Morgan fingerprint density at radius 2 is 2.10 bits per heavy atom. The van der Waals surface area contributed by atoms with Crippen molar-refractivity contribution in [1.82, 2.24) is 5.32 Å². The van der Waals surface area contributed by atoms with Crippen LogP contribution in [-0.2, 0) is 14.3 Å². The number of ether oxygens (including phenoxy) is 1. The number of carbonyl (C=O) groups is 2. The van der Waals surface area contributed by atoms with Gasteiger partial charge in [0.15, 0.2) is 0 Å². The highest BCUT2D eigenvalue weighted by molar-refractivity contribution is 6.30. The second-order valence-corrected chi connectivity index (χ2v) is 6.14. The Balaban J connectivity index is 1.97. The fourth-order valence-corrected chi connectivity index (χ4v) is 3.74. The van der Waals surface area contributed by atoms with Gasteiger partial charge in [-0.05, 0) is 36.0 Å². The Morgan fingerprint density at radius 3 is 2.75 bits per heavy atom. The quantitative estimate of drug-likeness (QED) is 0.851. The molecule has 1 saturated heterocycles. The van der Waals surface area contributed by atoms with E-state index in [-0.39, 0.29) is 29.3 Å². The molecule has 1 spiro atoms. The Kier molecular flexibility index (Phi) is 3.30. The SMILES string of the molecule is COC1CC2(CC(=O)NC(=O)C2c2cccc(Cl)c2)C1. The molecule has 2 aliphatic rings. The molecule has 1 aliphatic heterocycles. The summed E-state index contributed by atoms with van der Waals surface area (Å²) >= 11 is 6.03. The molecule has 1 heterocycles. The van der Waals surface area contributed by atoms with E-state index in [0.29, 0.717) is 11.4 Å². The first-order valence-electron chi connectivity index (χ1n) is 6.66. The minimum absolute atomic E-state index is 0.135. The van der Waals surface area contributed by atoms with E-state index in [1.54, 1.807) is 13.2 Å². The summed E-state index contributed by atoms with van der Waals surface area (Å²) in [4.78, 5) is 24.0. The topological polar surface area (TPSA) is 55.4 Å². The first-order valence-corrected chi connectivity index (χ1v) is 7.04. The van der Waals surface area contributed by atoms with Crippen molar-refractivity contribution in [3.63, 3.8) is 0 Å². The number of carbonyl (C=O) groups excluding carboxylic acids is 2. The number of amides is 2.